The van der Waals surface area contributed by atoms with Crippen LogP contribution in [0.25, 0.3) is 5.69 Å². The van der Waals surface area contributed by atoms with E-state index in [4.69, 9.17) is 5.84 Å². The SMILES string of the molecule is NNC(=O)c1cnn(-c2ccc([N+](=O)[O-])cc2)c1C(F)(F)F. The first kappa shape index (κ1) is 15.4. The van der Waals surface area contributed by atoms with Gasteiger partial charge in [-0.3, -0.25) is 20.3 Å². The molecule has 0 radical (unpaired) electrons. The van der Waals surface area contributed by atoms with Crippen LogP contribution >= 0.6 is 0 Å². The molecule has 11 heteroatoms. The highest BCUT2D eigenvalue weighted by molar-refractivity contribution is 5.95. The minimum absolute atomic E-state index is 0.0889. The number of hydrazine groups is 1. The zero-order chi connectivity index (χ0) is 16.5. The van der Waals surface area contributed by atoms with Crippen molar-refractivity contribution in [2.75, 3.05) is 0 Å². The number of hydrogen-bond donors (Lipinski definition) is 2. The van der Waals surface area contributed by atoms with Gasteiger partial charge < -0.3 is 0 Å². The van der Waals surface area contributed by atoms with E-state index in [2.05, 4.69) is 5.10 Å². The van der Waals surface area contributed by atoms with Gasteiger partial charge in [-0.2, -0.15) is 18.3 Å². The fraction of sp³-hybridized carbons (Fsp3) is 0.0909. The molecule has 1 heterocycles. The molecule has 1 amide bonds. The van der Waals surface area contributed by atoms with E-state index >= 15 is 0 Å². The topological polar surface area (TPSA) is 116 Å². The van der Waals surface area contributed by atoms with Gasteiger partial charge in [-0.05, 0) is 12.1 Å². The summed E-state index contributed by atoms with van der Waals surface area (Å²) >= 11 is 0. The quantitative estimate of drug-likeness (QED) is 0.384. The first-order chi connectivity index (χ1) is 10.3. The van der Waals surface area contributed by atoms with Gasteiger partial charge in [-0.15, -0.1) is 0 Å². The Hall–Kier alpha value is -2.95. The number of halogens is 3. The van der Waals surface area contributed by atoms with Crippen molar-refractivity contribution in [1.82, 2.24) is 15.2 Å². The Labute approximate surface area is 120 Å². The van der Waals surface area contributed by atoms with E-state index in [0.29, 0.717) is 10.9 Å². The third kappa shape index (κ3) is 2.74. The summed E-state index contributed by atoms with van der Waals surface area (Å²) in [5.74, 6) is 3.69. The van der Waals surface area contributed by atoms with E-state index in [0.717, 1.165) is 24.3 Å². The van der Waals surface area contributed by atoms with Gasteiger partial charge in [0, 0.05) is 12.1 Å². The molecule has 0 aliphatic carbocycles. The highest BCUT2D eigenvalue weighted by Gasteiger charge is 2.40. The minimum Gasteiger partial charge on any atom is -0.290 e. The zero-order valence-corrected chi connectivity index (χ0v) is 10.7. The van der Waals surface area contributed by atoms with Crippen LogP contribution in [-0.2, 0) is 6.18 Å². The van der Waals surface area contributed by atoms with Crippen LogP contribution in [0, 0.1) is 10.1 Å². The van der Waals surface area contributed by atoms with Crippen LogP contribution in [0.3, 0.4) is 0 Å². The summed E-state index contributed by atoms with van der Waals surface area (Å²) in [5, 5.41) is 14.1. The maximum Gasteiger partial charge on any atom is 0.434 e. The first-order valence-electron chi connectivity index (χ1n) is 5.66. The lowest BCUT2D eigenvalue weighted by Crippen LogP contribution is -2.31. The number of nitrogens with two attached hydrogens (primary N) is 1. The van der Waals surface area contributed by atoms with E-state index < -0.39 is 28.3 Å². The first-order valence-corrected chi connectivity index (χ1v) is 5.66. The summed E-state index contributed by atoms with van der Waals surface area (Å²) in [4.78, 5) is 21.2. The number of amides is 1. The van der Waals surface area contributed by atoms with Crippen molar-refractivity contribution in [3.05, 3.63) is 51.8 Å². The molecule has 22 heavy (non-hydrogen) atoms. The van der Waals surface area contributed by atoms with Crippen LogP contribution in [0.4, 0.5) is 18.9 Å². The van der Waals surface area contributed by atoms with Crippen molar-refractivity contribution < 1.29 is 22.9 Å². The van der Waals surface area contributed by atoms with E-state index in [9.17, 15) is 28.1 Å². The Balaban J connectivity index is 2.58. The summed E-state index contributed by atoms with van der Waals surface area (Å²) < 4.78 is 39.9. The predicted molar refractivity (Wildman–Crippen MR) is 66.9 cm³/mol. The summed E-state index contributed by atoms with van der Waals surface area (Å²) in [5.41, 5.74) is -0.861. The van der Waals surface area contributed by atoms with E-state index in [-0.39, 0.29) is 11.4 Å². The Bertz CT molecular complexity index is 724. The smallest absolute Gasteiger partial charge is 0.290 e. The zero-order valence-electron chi connectivity index (χ0n) is 10.7. The maximum absolute atomic E-state index is 13.1. The lowest BCUT2D eigenvalue weighted by molar-refractivity contribution is -0.384. The van der Waals surface area contributed by atoms with Gasteiger partial charge in [0.15, 0.2) is 5.69 Å². The van der Waals surface area contributed by atoms with E-state index in [1.165, 1.54) is 0 Å². The summed E-state index contributed by atoms with van der Waals surface area (Å²) in [7, 11) is 0. The molecule has 1 aromatic heterocycles. The second-order valence-corrected chi connectivity index (χ2v) is 4.06. The van der Waals surface area contributed by atoms with Crippen molar-refractivity contribution in [1.29, 1.82) is 0 Å². The predicted octanol–water partition coefficient (Wildman–Crippen LogP) is 1.40. The Morgan fingerprint density at radius 2 is 1.91 bits per heavy atom. The van der Waals surface area contributed by atoms with Gasteiger partial charge in [-0.25, -0.2) is 10.5 Å². The summed E-state index contributed by atoms with van der Waals surface area (Å²) in [6.45, 7) is 0. The Morgan fingerprint density at radius 3 is 2.36 bits per heavy atom. The number of rotatable bonds is 3. The molecule has 0 fully saturated rings. The van der Waals surface area contributed by atoms with Gasteiger partial charge in [0.2, 0.25) is 0 Å². The van der Waals surface area contributed by atoms with Gasteiger partial charge in [0.1, 0.15) is 0 Å². The molecule has 116 valence electrons. The maximum atomic E-state index is 13.1. The molecule has 0 aliphatic heterocycles. The molecule has 0 unspecified atom stereocenters. The highest BCUT2D eigenvalue weighted by Crippen LogP contribution is 2.33. The fourth-order valence-electron chi connectivity index (χ4n) is 1.78. The number of benzene rings is 1. The van der Waals surface area contributed by atoms with Gasteiger partial charge in [0.05, 0.1) is 22.4 Å². The average Bonchev–Trinajstić information content (AvgIpc) is 2.91. The number of nitro benzene ring substituents is 1. The van der Waals surface area contributed by atoms with Crippen molar-refractivity contribution in [2.45, 2.75) is 6.18 Å². The third-order valence-corrected chi connectivity index (χ3v) is 2.72. The largest absolute Gasteiger partial charge is 0.434 e. The van der Waals surface area contributed by atoms with Gasteiger partial charge >= 0.3 is 6.18 Å². The molecule has 0 bridgehead atoms. The van der Waals surface area contributed by atoms with Crippen molar-refractivity contribution >= 4 is 11.6 Å². The monoisotopic (exact) mass is 315 g/mol. The molecule has 2 rings (SSSR count). The minimum atomic E-state index is -4.87. The van der Waals surface area contributed by atoms with Crippen LogP contribution in [0.1, 0.15) is 16.1 Å². The molecule has 3 N–H and O–H groups in total. The number of carbonyl (C=O) groups excluding carboxylic acids is 1. The molecule has 0 saturated heterocycles. The van der Waals surface area contributed by atoms with Crippen LogP contribution in [-0.4, -0.2) is 20.6 Å². The number of non-ortho nitro benzene ring substituents is 1. The second-order valence-electron chi connectivity index (χ2n) is 4.06. The average molecular weight is 315 g/mol. The van der Waals surface area contributed by atoms with Crippen LogP contribution < -0.4 is 11.3 Å². The van der Waals surface area contributed by atoms with Crippen LogP contribution in [0.15, 0.2) is 30.5 Å². The Morgan fingerprint density at radius 1 is 1.32 bits per heavy atom. The summed E-state index contributed by atoms with van der Waals surface area (Å²) in [6.07, 6.45) is -4.16. The van der Waals surface area contributed by atoms with Crippen LogP contribution in [0.2, 0.25) is 0 Å². The molecule has 0 spiro atoms. The number of nitrogens with zero attached hydrogens (tertiary/aromatic N) is 3. The van der Waals surface area contributed by atoms with Crippen molar-refractivity contribution in [3.63, 3.8) is 0 Å². The fourth-order valence-corrected chi connectivity index (χ4v) is 1.78. The Kier molecular flexibility index (Phi) is 3.82. The number of carbonyl (C=O) groups is 1. The van der Waals surface area contributed by atoms with E-state index in [1.807, 2.05) is 0 Å². The second kappa shape index (κ2) is 5.44. The lowest BCUT2D eigenvalue weighted by atomic mass is 10.2. The molecule has 0 atom stereocenters. The van der Waals surface area contributed by atoms with Crippen molar-refractivity contribution in [3.8, 4) is 5.69 Å². The number of aromatic nitrogens is 2. The standard InChI is InChI=1S/C11H8F3N5O3/c12-11(13,14)9-8(10(20)17-15)5-16-18(9)6-1-3-7(4-2-6)19(21)22/h1-5H,15H2,(H,17,20). The number of nitro groups is 1. The number of hydrogen-bond acceptors (Lipinski definition) is 5. The molecular weight excluding hydrogens is 307 g/mol. The van der Waals surface area contributed by atoms with Gasteiger partial charge in [0.25, 0.3) is 11.6 Å². The molecule has 0 aliphatic rings. The molecular formula is C11H8F3N5O3. The normalized spacial score (nSPS) is 11.3. The molecule has 8 nitrogen and oxygen atoms in total. The number of nitrogens with one attached hydrogen (secondary N) is 1. The molecule has 1 aromatic carbocycles. The summed E-state index contributed by atoms with van der Waals surface area (Å²) in [6, 6.07) is 4.23. The van der Waals surface area contributed by atoms with Crippen molar-refractivity contribution in [2.24, 2.45) is 5.84 Å². The van der Waals surface area contributed by atoms with Crippen LogP contribution in [0.5, 0.6) is 0 Å². The third-order valence-electron chi connectivity index (χ3n) is 2.72. The van der Waals surface area contributed by atoms with E-state index in [1.54, 1.807) is 5.43 Å². The highest BCUT2D eigenvalue weighted by atomic mass is 19.4. The molecule has 2 aromatic rings. The van der Waals surface area contributed by atoms with Gasteiger partial charge in [-0.1, -0.05) is 0 Å². The lowest BCUT2D eigenvalue weighted by Gasteiger charge is -2.12. The number of nitrogen functional groups attached to an aromatic ring is 1. The molecule has 0 saturated carbocycles. The number of alkyl halides is 3.